The lowest BCUT2D eigenvalue weighted by Gasteiger charge is -2.18. The van der Waals surface area contributed by atoms with Gasteiger partial charge in [-0.1, -0.05) is 6.07 Å². The second-order valence-electron chi connectivity index (χ2n) is 3.95. The number of hydrogen-bond donors (Lipinski definition) is 0. The van der Waals surface area contributed by atoms with Gasteiger partial charge in [0.05, 0.1) is 11.5 Å². The van der Waals surface area contributed by atoms with Crippen molar-refractivity contribution in [2.75, 3.05) is 11.9 Å². The molecule has 2 aromatic rings. The second kappa shape index (κ2) is 5.66. The lowest BCUT2D eigenvalue weighted by molar-refractivity contribution is -0.386. The summed E-state index contributed by atoms with van der Waals surface area (Å²) in [5.74, 6) is -0.818. The highest BCUT2D eigenvalue weighted by atomic mass is 79.9. The maximum absolute atomic E-state index is 13.5. The number of para-hydroxylation sites is 1. The van der Waals surface area contributed by atoms with Crippen molar-refractivity contribution in [1.29, 1.82) is 0 Å². The molecule has 19 heavy (non-hydrogen) atoms. The van der Waals surface area contributed by atoms with Gasteiger partial charge in [-0.15, -0.1) is 11.3 Å². The van der Waals surface area contributed by atoms with Crippen LogP contribution in [0.4, 0.5) is 15.8 Å². The Bertz CT molecular complexity index is 618. The van der Waals surface area contributed by atoms with Crippen LogP contribution in [0.2, 0.25) is 0 Å². The number of nitrogens with zero attached hydrogens (tertiary/aromatic N) is 2. The Labute approximate surface area is 121 Å². The number of thiophene rings is 1. The van der Waals surface area contributed by atoms with E-state index in [0.29, 0.717) is 6.54 Å². The highest BCUT2D eigenvalue weighted by Crippen LogP contribution is 2.31. The van der Waals surface area contributed by atoms with Crippen LogP contribution < -0.4 is 4.90 Å². The van der Waals surface area contributed by atoms with Crippen molar-refractivity contribution >= 4 is 38.6 Å². The summed E-state index contributed by atoms with van der Waals surface area (Å²) in [7, 11) is 1.70. The molecule has 0 saturated heterocycles. The van der Waals surface area contributed by atoms with Crippen LogP contribution in [0, 0.1) is 15.9 Å². The van der Waals surface area contributed by atoms with Crippen LogP contribution in [0.3, 0.4) is 0 Å². The lowest BCUT2D eigenvalue weighted by atomic mass is 10.2. The zero-order chi connectivity index (χ0) is 14.0. The molecule has 0 N–H and O–H groups in total. The van der Waals surface area contributed by atoms with E-state index in [1.807, 2.05) is 11.4 Å². The van der Waals surface area contributed by atoms with Crippen molar-refractivity contribution in [2.24, 2.45) is 0 Å². The molecule has 0 aliphatic carbocycles. The second-order valence-corrected chi connectivity index (χ2v) is 5.86. The predicted octanol–water partition coefficient (Wildman–Crippen LogP) is 4.19. The minimum atomic E-state index is -0.818. The number of benzene rings is 1. The predicted molar refractivity (Wildman–Crippen MR) is 77.2 cm³/mol. The first-order chi connectivity index (χ1) is 8.99. The van der Waals surface area contributed by atoms with Gasteiger partial charge in [0.25, 0.3) is 0 Å². The molecule has 7 heteroatoms. The Hall–Kier alpha value is -1.47. The van der Waals surface area contributed by atoms with Crippen molar-refractivity contribution < 1.29 is 9.31 Å². The summed E-state index contributed by atoms with van der Waals surface area (Å²) < 4.78 is 14.5. The van der Waals surface area contributed by atoms with E-state index in [-0.39, 0.29) is 5.69 Å². The molecular weight excluding hydrogens is 335 g/mol. The summed E-state index contributed by atoms with van der Waals surface area (Å²) in [5, 5.41) is 12.9. The highest BCUT2D eigenvalue weighted by molar-refractivity contribution is 9.10. The highest BCUT2D eigenvalue weighted by Gasteiger charge is 2.22. The number of anilines is 1. The van der Waals surface area contributed by atoms with E-state index in [0.717, 1.165) is 15.4 Å². The van der Waals surface area contributed by atoms with E-state index in [1.54, 1.807) is 18.0 Å². The molecule has 100 valence electrons. The SMILES string of the molecule is CN(Cc1cc(Br)cs1)c1cccc(F)c1[N+](=O)[O-]. The zero-order valence-corrected chi connectivity index (χ0v) is 12.4. The summed E-state index contributed by atoms with van der Waals surface area (Å²) in [6, 6.07) is 6.05. The Balaban J connectivity index is 2.31. The van der Waals surface area contributed by atoms with Gasteiger partial charge >= 0.3 is 5.69 Å². The van der Waals surface area contributed by atoms with Gasteiger partial charge in [-0.3, -0.25) is 10.1 Å². The number of nitro groups is 1. The smallest absolute Gasteiger partial charge is 0.327 e. The van der Waals surface area contributed by atoms with Crippen molar-refractivity contribution in [2.45, 2.75) is 6.54 Å². The summed E-state index contributed by atoms with van der Waals surface area (Å²) in [5.41, 5.74) is -0.213. The molecule has 0 unspecified atom stereocenters. The molecule has 0 amide bonds. The van der Waals surface area contributed by atoms with Gasteiger partial charge in [0.1, 0.15) is 5.69 Å². The normalized spacial score (nSPS) is 10.5. The first-order valence-electron chi connectivity index (χ1n) is 5.36. The van der Waals surface area contributed by atoms with Crippen molar-refractivity contribution in [3.8, 4) is 0 Å². The van der Waals surface area contributed by atoms with Gasteiger partial charge in [0.2, 0.25) is 5.82 Å². The summed E-state index contributed by atoms with van der Waals surface area (Å²) in [6.45, 7) is 0.487. The number of hydrogen-bond acceptors (Lipinski definition) is 4. The fraction of sp³-hybridized carbons (Fsp3) is 0.167. The first kappa shape index (κ1) is 14.0. The van der Waals surface area contributed by atoms with E-state index >= 15 is 0 Å². The summed E-state index contributed by atoms with van der Waals surface area (Å²) in [6.07, 6.45) is 0. The van der Waals surface area contributed by atoms with Crippen LogP contribution in [0.25, 0.3) is 0 Å². The van der Waals surface area contributed by atoms with E-state index < -0.39 is 16.4 Å². The average molecular weight is 345 g/mol. The van der Waals surface area contributed by atoms with Crippen LogP contribution >= 0.6 is 27.3 Å². The van der Waals surface area contributed by atoms with Gasteiger partial charge in [0.15, 0.2) is 0 Å². The molecule has 0 radical (unpaired) electrons. The molecule has 0 aliphatic rings. The average Bonchev–Trinajstić information content (AvgIpc) is 2.73. The van der Waals surface area contributed by atoms with Crippen molar-refractivity contribution in [1.82, 2.24) is 0 Å². The number of halogens is 2. The first-order valence-corrected chi connectivity index (χ1v) is 7.03. The molecule has 1 aromatic heterocycles. The largest absolute Gasteiger partial charge is 0.364 e. The van der Waals surface area contributed by atoms with E-state index in [2.05, 4.69) is 15.9 Å². The standard InChI is InChI=1S/C12H10BrFN2O2S/c1-15(6-9-5-8(13)7-19-9)11-4-2-3-10(14)12(11)16(17)18/h2-5,7H,6H2,1H3. The zero-order valence-electron chi connectivity index (χ0n) is 9.97. The fourth-order valence-corrected chi connectivity index (χ4v) is 3.25. The molecule has 0 saturated carbocycles. The third-order valence-corrected chi connectivity index (χ3v) is 4.26. The Kier molecular flexibility index (Phi) is 4.16. The van der Waals surface area contributed by atoms with Crippen LogP contribution in [-0.2, 0) is 6.54 Å². The van der Waals surface area contributed by atoms with E-state index in [4.69, 9.17) is 0 Å². The van der Waals surface area contributed by atoms with Crippen LogP contribution in [-0.4, -0.2) is 12.0 Å². The maximum atomic E-state index is 13.5. The Morgan fingerprint density at radius 1 is 1.53 bits per heavy atom. The topological polar surface area (TPSA) is 46.4 Å². The van der Waals surface area contributed by atoms with Gasteiger partial charge < -0.3 is 4.90 Å². The maximum Gasteiger partial charge on any atom is 0.327 e. The fourth-order valence-electron chi connectivity index (χ4n) is 1.75. The molecule has 1 heterocycles. The monoisotopic (exact) mass is 344 g/mol. The minimum Gasteiger partial charge on any atom is -0.364 e. The van der Waals surface area contributed by atoms with Gasteiger partial charge in [-0.2, -0.15) is 4.39 Å². The van der Waals surface area contributed by atoms with Crippen molar-refractivity contribution in [3.05, 3.63) is 54.9 Å². The molecule has 0 atom stereocenters. The Morgan fingerprint density at radius 3 is 2.84 bits per heavy atom. The van der Waals surface area contributed by atoms with Gasteiger partial charge in [0, 0.05) is 21.8 Å². The molecule has 0 bridgehead atoms. The number of nitro benzene ring substituents is 1. The third kappa shape index (κ3) is 3.10. The van der Waals surface area contributed by atoms with Crippen molar-refractivity contribution in [3.63, 3.8) is 0 Å². The molecule has 1 aromatic carbocycles. The van der Waals surface area contributed by atoms with Crippen LogP contribution in [0.1, 0.15) is 4.88 Å². The van der Waals surface area contributed by atoms with Crippen LogP contribution in [0.5, 0.6) is 0 Å². The number of rotatable bonds is 4. The van der Waals surface area contributed by atoms with Gasteiger partial charge in [-0.05, 0) is 34.1 Å². The molecular formula is C12H10BrFN2O2S. The lowest BCUT2D eigenvalue weighted by Crippen LogP contribution is -2.17. The molecule has 4 nitrogen and oxygen atoms in total. The van der Waals surface area contributed by atoms with E-state index in [1.165, 1.54) is 17.4 Å². The van der Waals surface area contributed by atoms with Gasteiger partial charge in [-0.25, -0.2) is 0 Å². The van der Waals surface area contributed by atoms with E-state index in [9.17, 15) is 14.5 Å². The summed E-state index contributed by atoms with van der Waals surface area (Å²) >= 11 is 4.89. The third-order valence-electron chi connectivity index (χ3n) is 2.57. The molecule has 2 rings (SSSR count). The summed E-state index contributed by atoms with van der Waals surface area (Å²) in [4.78, 5) is 12.9. The quantitative estimate of drug-likeness (QED) is 0.616. The minimum absolute atomic E-state index is 0.273. The Morgan fingerprint density at radius 2 is 2.26 bits per heavy atom. The molecule has 0 aliphatic heterocycles. The molecule has 0 spiro atoms. The van der Waals surface area contributed by atoms with Crippen LogP contribution in [0.15, 0.2) is 34.1 Å². The molecule has 0 fully saturated rings.